The maximum Gasteiger partial charge on any atom is 0.247 e. The van der Waals surface area contributed by atoms with E-state index < -0.39 is 0 Å². The van der Waals surface area contributed by atoms with Gasteiger partial charge in [0.25, 0.3) is 0 Å². The molecule has 3 fully saturated rings. The quantitative estimate of drug-likeness (QED) is 0.466. The number of benzene rings is 1. The van der Waals surface area contributed by atoms with E-state index >= 15 is 0 Å². The Labute approximate surface area is 212 Å². The van der Waals surface area contributed by atoms with Crippen LogP contribution in [0.3, 0.4) is 0 Å². The first-order chi connectivity index (χ1) is 16.7. The van der Waals surface area contributed by atoms with Crippen LogP contribution in [0.15, 0.2) is 35.4 Å². The van der Waals surface area contributed by atoms with Crippen molar-refractivity contribution in [2.45, 2.75) is 115 Å². The molecule has 190 valence electrons. The van der Waals surface area contributed by atoms with Crippen LogP contribution >= 0.6 is 0 Å². The zero-order valence-corrected chi connectivity index (χ0v) is 22.5. The molecule has 1 saturated heterocycles. The van der Waals surface area contributed by atoms with Crippen molar-refractivity contribution in [3.05, 3.63) is 52.1 Å². The van der Waals surface area contributed by atoms with Gasteiger partial charge in [-0.25, -0.2) is 0 Å². The van der Waals surface area contributed by atoms with Gasteiger partial charge < -0.3 is 10.1 Å². The van der Waals surface area contributed by atoms with Crippen molar-refractivity contribution in [1.29, 1.82) is 0 Å². The smallest absolute Gasteiger partial charge is 0.247 e. The Morgan fingerprint density at radius 1 is 1.03 bits per heavy atom. The SMILES string of the molecule is CC(C)(C)c1cc(C2=C(CC3CCCCC3)C=C(C(=O)NC3CCOCC3)C2)cc(C2(C)CC2)c1. The molecule has 1 N–H and O–H groups in total. The molecule has 0 unspecified atom stereocenters. The van der Waals surface area contributed by atoms with Gasteiger partial charge in [0.2, 0.25) is 5.91 Å². The zero-order chi connectivity index (χ0) is 24.6. The summed E-state index contributed by atoms with van der Waals surface area (Å²) >= 11 is 0. The van der Waals surface area contributed by atoms with Gasteiger partial charge in [-0.15, -0.1) is 0 Å². The van der Waals surface area contributed by atoms with Gasteiger partial charge in [-0.1, -0.05) is 78.0 Å². The standard InChI is InChI=1S/C32H45NO2/c1-31(2,3)26-18-24(19-27(21-26)32(4)12-13-32)29-20-25(30(34)33-28-10-14-35-15-11-28)17-23(29)16-22-8-6-5-7-9-22/h17-19,21-22,28H,5-16,20H2,1-4H3,(H,33,34). The lowest BCUT2D eigenvalue weighted by molar-refractivity contribution is -0.118. The van der Waals surface area contributed by atoms with E-state index in [0.29, 0.717) is 5.41 Å². The predicted octanol–water partition coefficient (Wildman–Crippen LogP) is 7.38. The Hall–Kier alpha value is -1.87. The minimum atomic E-state index is 0.107. The number of allylic oxidation sites excluding steroid dienone is 3. The lowest BCUT2D eigenvalue weighted by Crippen LogP contribution is -2.39. The lowest BCUT2D eigenvalue weighted by Gasteiger charge is -2.25. The first-order valence-corrected chi connectivity index (χ1v) is 14.2. The third-order valence-corrected chi connectivity index (χ3v) is 9.03. The van der Waals surface area contributed by atoms with Crippen LogP contribution in [0.1, 0.15) is 115 Å². The van der Waals surface area contributed by atoms with E-state index in [9.17, 15) is 4.79 Å². The molecule has 0 bridgehead atoms. The van der Waals surface area contributed by atoms with E-state index in [0.717, 1.165) is 50.4 Å². The molecule has 3 heteroatoms. The third kappa shape index (κ3) is 5.77. The van der Waals surface area contributed by atoms with Gasteiger partial charge in [-0.2, -0.15) is 0 Å². The van der Waals surface area contributed by atoms with Crippen LogP contribution in [-0.4, -0.2) is 25.2 Å². The second-order valence-corrected chi connectivity index (χ2v) is 13.0. The van der Waals surface area contributed by atoms with Crippen LogP contribution < -0.4 is 5.32 Å². The average molecular weight is 476 g/mol. The van der Waals surface area contributed by atoms with Crippen molar-refractivity contribution in [2.75, 3.05) is 13.2 Å². The molecular formula is C32H45NO2. The fourth-order valence-corrected chi connectivity index (χ4v) is 6.15. The van der Waals surface area contributed by atoms with Crippen LogP contribution in [0, 0.1) is 5.92 Å². The molecule has 4 aliphatic rings. The second-order valence-electron chi connectivity index (χ2n) is 13.0. The molecule has 1 aliphatic heterocycles. The zero-order valence-electron chi connectivity index (χ0n) is 22.5. The van der Waals surface area contributed by atoms with Gasteiger partial charge in [-0.05, 0) is 82.8 Å². The highest BCUT2D eigenvalue weighted by atomic mass is 16.5. The van der Waals surface area contributed by atoms with Gasteiger partial charge in [0.05, 0.1) is 0 Å². The Balaban J connectivity index is 1.46. The number of hydrogen-bond donors (Lipinski definition) is 1. The van der Waals surface area contributed by atoms with Gasteiger partial charge in [0.15, 0.2) is 0 Å². The Morgan fingerprint density at radius 2 is 1.74 bits per heavy atom. The molecular weight excluding hydrogens is 430 g/mol. The van der Waals surface area contributed by atoms with Crippen molar-refractivity contribution in [3.8, 4) is 0 Å². The van der Waals surface area contributed by atoms with E-state index in [-0.39, 0.29) is 17.4 Å². The molecule has 0 aromatic heterocycles. The number of carbonyl (C=O) groups excluding carboxylic acids is 1. The van der Waals surface area contributed by atoms with E-state index in [1.54, 1.807) is 0 Å². The van der Waals surface area contributed by atoms with E-state index in [2.05, 4.69) is 57.3 Å². The highest BCUT2D eigenvalue weighted by Crippen LogP contribution is 2.50. The largest absolute Gasteiger partial charge is 0.381 e. The summed E-state index contributed by atoms with van der Waals surface area (Å²) in [4.78, 5) is 13.3. The minimum absolute atomic E-state index is 0.107. The van der Waals surface area contributed by atoms with E-state index in [1.807, 2.05) is 0 Å². The summed E-state index contributed by atoms with van der Waals surface area (Å²) in [6.45, 7) is 10.9. The summed E-state index contributed by atoms with van der Waals surface area (Å²) in [5, 5.41) is 3.32. The minimum Gasteiger partial charge on any atom is -0.381 e. The van der Waals surface area contributed by atoms with Crippen LogP contribution in [0.4, 0.5) is 0 Å². The molecule has 1 aromatic carbocycles. The topological polar surface area (TPSA) is 38.3 Å². The maximum atomic E-state index is 13.3. The molecule has 3 nitrogen and oxygen atoms in total. The highest BCUT2D eigenvalue weighted by Gasteiger charge is 2.40. The second kappa shape index (κ2) is 9.88. The Kier molecular flexibility index (Phi) is 7.00. The van der Waals surface area contributed by atoms with Crippen molar-refractivity contribution < 1.29 is 9.53 Å². The van der Waals surface area contributed by atoms with E-state index in [4.69, 9.17) is 4.74 Å². The summed E-state index contributed by atoms with van der Waals surface area (Å²) in [6, 6.07) is 7.59. The van der Waals surface area contributed by atoms with Crippen LogP contribution in [0.5, 0.6) is 0 Å². The van der Waals surface area contributed by atoms with Crippen molar-refractivity contribution in [3.63, 3.8) is 0 Å². The van der Waals surface area contributed by atoms with Gasteiger partial charge in [0.1, 0.15) is 0 Å². The summed E-state index contributed by atoms with van der Waals surface area (Å²) in [7, 11) is 0. The van der Waals surface area contributed by atoms with Gasteiger partial charge in [0, 0.05) is 31.2 Å². The summed E-state index contributed by atoms with van der Waals surface area (Å²) in [5.74, 6) is 0.892. The summed E-state index contributed by atoms with van der Waals surface area (Å²) in [5.41, 5.74) is 8.49. The maximum absolute atomic E-state index is 13.3. The third-order valence-electron chi connectivity index (χ3n) is 9.03. The Morgan fingerprint density at radius 3 is 2.40 bits per heavy atom. The van der Waals surface area contributed by atoms with Gasteiger partial charge in [-0.3, -0.25) is 4.79 Å². The molecule has 1 amide bonds. The molecule has 0 radical (unpaired) electrons. The fourth-order valence-electron chi connectivity index (χ4n) is 6.15. The normalized spacial score (nSPS) is 23.4. The first-order valence-electron chi connectivity index (χ1n) is 14.2. The monoisotopic (exact) mass is 475 g/mol. The number of carbonyl (C=O) groups is 1. The van der Waals surface area contributed by atoms with Crippen molar-refractivity contribution in [2.24, 2.45) is 5.92 Å². The number of amides is 1. The summed E-state index contributed by atoms with van der Waals surface area (Å²) in [6.07, 6.45) is 15.3. The average Bonchev–Trinajstić information content (AvgIpc) is 3.46. The van der Waals surface area contributed by atoms with Crippen LogP contribution in [0.25, 0.3) is 5.57 Å². The van der Waals surface area contributed by atoms with Crippen LogP contribution in [-0.2, 0) is 20.4 Å². The number of nitrogens with one attached hydrogen (secondary N) is 1. The Bertz CT molecular complexity index is 985. The first kappa shape index (κ1) is 24.8. The molecule has 35 heavy (non-hydrogen) atoms. The number of hydrogen-bond acceptors (Lipinski definition) is 2. The molecule has 1 heterocycles. The van der Waals surface area contributed by atoms with E-state index in [1.165, 1.54) is 72.8 Å². The molecule has 2 saturated carbocycles. The highest BCUT2D eigenvalue weighted by molar-refractivity contribution is 5.99. The molecule has 0 atom stereocenters. The van der Waals surface area contributed by atoms with Crippen LogP contribution in [0.2, 0.25) is 0 Å². The van der Waals surface area contributed by atoms with Crippen molar-refractivity contribution in [1.82, 2.24) is 5.32 Å². The lowest BCUT2D eigenvalue weighted by atomic mass is 9.80. The van der Waals surface area contributed by atoms with Crippen molar-refractivity contribution >= 4 is 11.5 Å². The molecule has 0 spiro atoms. The predicted molar refractivity (Wildman–Crippen MR) is 145 cm³/mol. The fraction of sp³-hybridized carbons (Fsp3) is 0.656. The number of rotatable bonds is 6. The summed E-state index contributed by atoms with van der Waals surface area (Å²) < 4.78 is 5.49. The molecule has 3 aliphatic carbocycles. The molecule has 1 aromatic rings. The molecule has 5 rings (SSSR count). The number of ether oxygens (including phenoxy) is 1. The van der Waals surface area contributed by atoms with Gasteiger partial charge >= 0.3 is 0 Å².